The lowest BCUT2D eigenvalue weighted by Gasteiger charge is -2.33. The molecule has 2 heterocycles. The summed E-state index contributed by atoms with van der Waals surface area (Å²) >= 11 is 3.27. The zero-order valence-corrected chi connectivity index (χ0v) is 14.9. The summed E-state index contributed by atoms with van der Waals surface area (Å²) in [7, 11) is 0. The third kappa shape index (κ3) is 4.05. The van der Waals surface area contributed by atoms with E-state index in [1.54, 1.807) is 12.3 Å². The standard InChI is InChI=1S/C18H20BrFN2O2/c19-13-6-7-15(20)14(11-13)18(23)21-12-16(17-5-4-10-24-17)22-8-2-1-3-9-22/h4-7,10-11,16H,1-3,8-9,12H2,(H,21,23). The van der Waals surface area contributed by atoms with Crippen LogP contribution < -0.4 is 5.32 Å². The third-order valence-electron chi connectivity index (χ3n) is 4.33. The molecule has 0 bridgehead atoms. The molecule has 1 aliphatic heterocycles. The highest BCUT2D eigenvalue weighted by atomic mass is 79.9. The van der Waals surface area contributed by atoms with Crippen molar-refractivity contribution >= 4 is 21.8 Å². The van der Waals surface area contributed by atoms with Gasteiger partial charge in [0.2, 0.25) is 0 Å². The third-order valence-corrected chi connectivity index (χ3v) is 4.83. The van der Waals surface area contributed by atoms with Crippen molar-refractivity contribution in [2.45, 2.75) is 25.3 Å². The predicted molar refractivity (Wildman–Crippen MR) is 93.3 cm³/mol. The van der Waals surface area contributed by atoms with Crippen molar-refractivity contribution in [2.24, 2.45) is 0 Å². The molecule has 0 radical (unpaired) electrons. The number of furan rings is 1. The van der Waals surface area contributed by atoms with Crippen LogP contribution in [0.4, 0.5) is 4.39 Å². The van der Waals surface area contributed by atoms with E-state index in [2.05, 4.69) is 26.1 Å². The van der Waals surface area contributed by atoms with E-state index in [0.717, 1.165) is 31.7 Å². The molecule has 1 atom stereocenters. The molecule has 1 aromatic carbocycles. The number of amides is 1. The predicted octanol–water partition coefficient (Wildman–Crippen LogP) is 4.14. The molecule has 1 saturated heterocycles. The first-order valence-corrected chi connectivity index (χ1v) is 8.95. The molecule has 6 heteroatoms. The highest BCUT2D eigenvalue weighted by Crippen LogP contribution is 2.25. The Morgan fingerprint density at radius 2 is 2.08 bits per heavy atom. The van der Waals surface area contributed by atoms with E-state index in [9.17, 15) is 9.18 Å². The Morgan fingerprint density at radius 3 is 2.79 bits per heavy atom. The van der Waals surface area contributed by atoms with Gasteiger partial charge >= 0.3 is 0 Å². The first-order chi connectivity index (χ1) is 11.6. The highest BCUT2D eigenvalue weighted by Gasteiger charge is 2.25. The van der Waals surface area contributed by atoms with Gasteiger partial charge in [0.1, 0.15) is 11.6 Å². The molecular formula is C18H20BrFN2O2. The molecule has 1 fully saturated rings. The number of halogens is 2. The lowest BCUT2D eigenvalue weighted by molar-refractivity contribution is 0.0910. The first kappa shape index (κ1) is 17.2. The fourth-order valence-corrected chi connectivity index (χ4v) is 3.44. The Hall–Kier alpha value is -1.66. The minimum atomic E-state index is -0.525. The molecule has 0 saturated carbocycles. The minimum Gasteiger partial charge on any atom is -0.468 e. The van der Waals surface area contributed by atoms with Crippen LogP contribution in [0.25, 0.3) is 0 Å². The number of hydrogen-bond acceptors (Lipinski definition) is 3. The fraction of sp³-hybridized carbons (Fsp3) is 0.389. The summed E-state index contributed by atoms with van der Waals surface area (Å²) in [6.45, 7) is 2.34. The molecule has 24 heavy (non-hydrogen) atoms. The number of hydrogen-bond donors (Lipinski definition) is 1. The lowest BCUT2D eigenvalue weighted by atomic mass is 10.1. The van der Waals surface area contributed by atoms with E-state index in [0.29, 0.717) is 11.0 Å². The van der Waals surface area contributed by atoms with Crippen molar-refractivity contribution in [3.05, 3.63) is 58.2 Å². The number of benzene rings is 1. The van der Waals surface area contributed by atoms with Gasteiger partial charge in [-0.15, -0.1) is 0 Å². The average molecular weight is 395 g/mol. The second-order valence-corrected chi connectivity index (χ2v) is 6.88. The fourth-order valence-electron chi connectivity index (χ4n) is 3.08. The Morgan fingerprint density at radius 1 is 1.29 bits per heavy atom. The number of likely N-dealkylation sites (tertiary alicyclic amines) is 1. The number of carbonyl (C=O) groups is 1. The van der Waals surface area contributed by atoms with Gasteiger partial charge in [-0.3, -0.25) is 9.69 Å². The largest absolute Gasteiger partial charge is 0.468 e. The van der Waals surface area contributed by atoms with Crippen molar-refractivity contribution in [1.82, 2.24) is 10.2 Å². The monoisotopic (exact) mass is 394 g/mol. The number of nitrogens with zero attached hydrogens (tertiary/aromatic N) is 1. The van der Waals surface area contributed by atoms with Gasteiger partial charge in [-0.05, 0) is 56.3 Å². The summed E-state index contributed by atoms with van der Waals surface area (Å²) in [4.78, 5) is 14.7. The van der Waals surface area contributed by atoms with Gasteiger partial charge in [0.25, 0.3) is 5.91 Å². The Balaban J connectivity index is 1.71. The van der Waals surface area contributed by atoms with Crippen LogP contribution in [-0.4, -0.2) is 30.4 Å². The number of carbonyl (C=O) groups excluding carboxylic acids is 1. The molecule has 128 valence electrons. The maximum atomic E-state index is 13.9. The highest BCUT2D eigenvalue weighted by molar-refractivity contribution is 9.10. The van der Waals surface area contributed by atoms with Crippen LogP contribution in [0.15, 0.2) is 45.5 Å². The van der Waals surface area contributed by atoms with E-state index < -0.39 is 11.7 Å². The van der Waals surface area contributed by atoms with E-state index in [-0.39, 0.29) is 11.6 Å². The summed E-state index contributed by atoms with van der Waals surface area (Å²) in [6, 6.07) is 8.10. The lowest BCUT2D eigenvalue weighted by Crippen LogP contribution is -2.40. The molecule has 1 amide bonds. The van der Waals surface area contributed by atoms with E-state index in [1.165, 1.54) is 18.6 Å². The molecular weight excluding hydrogens is 375 g/mol. The number of nitrogens with one attached hydrogen (secondary N) is 1. The molecule has 3 rings (SSSR count). The summed E-state index contributed by atoms with van der Waals surface area (Å²) in [6.07, 6.45) is 5.16. The summed E-state index contributed by atoms with van der Waals surface area (Å²) in [5.41, 5.74) is 0.0428. The topological polar surface area (TPSA) is 45.5 Å². The van der Waals surface area contributed by atoms with Gasteiger partial charge in [0.05, 0.1) is 17.9 Å². The van der Waals surface area contributed by atoms with E-state index in [1.807, 2.05) is 12.1 Å². The Kier molecular flexibility index (Phi) is 5.68. The van der Waals surface area contributed by atoms with Gasteiger partial charge in [-0.1, -0.05) is 22.4 Å². The van der Waals surface area contributed by atoms with Crippen molar-refractivity contribution in [3.63, 3.8) is 0 Å². The van der Waals surface area contributed by atoms with Gasteiger partial charge < -0.3 is 9.73 Å². The van der Waals surface area contributed by atoms with Gasteiger partial charge in [-0.2, -0.15) is 0 Å². The average Bonchev–Trinajstić information content (AvgIpc) is 3.12. The van der Waals surface area contributed by atoms with Crippen LogP contribution in [0.3, 0.4) is 0 Å². The second kappa shape index (κ2) is 7.94. The first-order valence-electron chi connectivity index (χ1n) is 8.16. The smallest absolute Gasteiger partial charge is 0.254 e. The Bertz CT molecular complexity index is 684. The second-order valence-electron chi connectivity index (χ2n) is 5.96. The molecule has 4 nitrogen and oxygen atoms in total. The van der Waals surface area contributed by atoms with E-state index in [4.69, 9.17) is 4.42 Å². The van der Waals surface area contributed by atoms with E-state index >= 15 is 0 Å². The van der Waals surface area contributed by atoms with Crippen LogP contribution in [-0.2, 0) is 0 Å². The van der Waals surface area contributed by atoms with Gasteiger partial charge in [0.15, 0.2) is 0 Å². The molecule has 1 N–H and O–H groups in total. The van der Waals surface area contributed by atoms with Crippen molar-refractivity contribution in [3.8, 4) is 0 Å². The molecule has 2 aromatic rings. The van der Waals surface area contributed by atoms with Gasteiger partial charge in [-0.25, -0.2) is 4.39 Å². The quantitative estimate of drug-likeness (QED) is 0.828. The zero-order chi connectivity index (χ0) is 16.9. The van der Waals surface area contributed by atoms with Crippen LogP contribution in [0.5, 0.6) is 0 Å². The summed E-state index contributed by atoms with van der Waals surface area (Å²) < 4.78 is 20.1. The summed E-state index contributed by atoms with van der Waals surface area (Å²) in [5, 5.41) is 2.85. The maximum Gasteiger partial charge on any atom is 0.254 e. The van der Waals surface area contributed by atoms with Gasteiger partial charge in [0, 0.05) is 11.0 Å². The van der Waals surface area contributed by atoms with Crippen LogP contribution >= 0.6 is 15.9 Å². The van der Waals surface area contributed by atoms with Crippen LogP contribution in [0.1, 0.15) is 41.4 Å². The number of piperidine rings is 1. The normalized spacial score (nSPS) is 16.8. The minimum absolute atomic E-state index is 0.0283. The van der Waals surface area contributed by atoms with Crippen LogP contribution in [0, 0.1) is 5.82 Å². The molecule has 1 aliphatic rings. The number of rotatable bonds is 5. The molecule has 0 aliphatic carbocycles. The zero-order valence-electron chi connectivity index (χ0n) is 13.3. The SMILES string of the molecule is O=C(NCC(c1ccco1)N1CCCCC1)c1cc(Br)ccc1F. The van der Waals surface area contributed by atoms with Crippen molar-refractivity contribution in [1.29, 1.82) is 0 Å². The molecule has 1 unspecified atom stereocenters. The van der Waals surface area contributed by atoms with Crippen molar-refractivity contribution in [2.75, 3.05) is 19.6 Å². The maximum absolute atomic E-state index is 13.9. The molecule has 0 spiro atoms. The van der Waals surface area contributed by atoms with Crippen LogP contribution in [0.2, 0.25) is 0 Å². The summed E-state index contributed by atoms with van der Waals surface area (Å²) in [5.74, 6) is -0.113. The molecule has 1 aromatic heterocycles. The van der Waals surface area contributed by atoms with Crippen molar-refractivity contribution < 1.29 is 13.6 Å². The Labute approximate surface area is 149 Å².